The maximum Gasteiger partial charge on any atom is 0.251 e. The average molecular weight is 570 g/mol. The second-order valence-corrected chi connectivity index (χ2v) is 12.6. The van der Waals surface area contributed by atoms with E-state index in [1.54, 1.807) is 40.8 Å². The number of carbonyl (C=O) groups is 3. The molecule has 3 aliphatic rings. The Hall–Kier alpha value is -2.78. The maximum atomic E-state index is 14.6. The second kappa shape index (κ2) is 12.8. The van der Waals surface area contributed by atoms with Gasteiger partial charge >= 0.3 is 0 Å². The molecule has 3 aliphatic heterocycles. The van der Waals surface area contributed by atoms with Crippen molar-refractivity contribution >= 4 is 35.2 Å². The fraction of sp³-hybridized carbons (Fsp3) is 0.581. The Morgan fingerprint density at radius 3 is 2.48 bits per heavy atom. The van der Waals surface area contributed by atoms with Gasteiger partial charge in [-0.3, -0.25) is 14.4 Å². The first-order valence-electron chi connectivity index (χ1n) is 14.4. The molecule has 1 N–H and O–H groups in total. The minimum Gasteiger partial charge on any atom is -0.497 e. The van der Waals surface area contributed by atoms with Crippen LogP contribution in [-0.2, 0) is 14.4 Å². The summed E-state index contributed by atoms with van der Waals surface area (Å²) < 4.78 is 4.61. The number of anilines is 1. The number of benzene rings is 1. The van der Waals surface area contributed by atoms with Gasteiger partial charge in [0, 0.05) is 43.7 Å². The summed E-state index contributed by atoms with van der Waals surface area (Å²) in [5.41, 5.74) is 0.700. The highest BCUT2D eigenvalue weighted by atomic mass is 32.2. The summed E-state index contributed by atoms with van der Waals surface area (Å²) in [6.07, 6.45) is 6.15. The van der Waals surface area contributed by atoms with E-state index >= 15 is 0 Å². The number of carbonyl (C=O) groups excluding carboxylic acids is 3. The van der Waals surface area contributed by atoms with Crippen molar-refractivity contribution in [1.29, 1.82) is 0 Å². The number of unbranched alkanes of at least 4 members (excludes halogenated alkanes) is 1. The molecule has 9 heteroatoms. The van der Waals surface area contributed by atoms with E-state index in [9.17, 15) is 19.5 Å². The molecule has 218 valence electrons. The monoisotopic (exact) mass is 569 g/mol. The van der Waals surface area contributed by atoms with Crippen LogP contribution in [0, 0.1) is 17.8 Å². The van der Waals surface area contributed by atoms with E-state index in [0.29, 0.717) is 43.9 Å². The van der Waals surface area contributed by atoms with E-state index in [2.05, 4.69) is 20.1 Å². The van der Waals surface area contributed by atoms with Crippen molar-refractivity contribution in [3.8, 4) is 5.75 Å². The first-order chi connectivity index (χ1) is 19.3. The molecular formula is C31H43N3O5S. The smallest absolute Gasteiger partial charge is 0.251 e. The Labute approximate surface area is 242 Å². The third-order valence-electron chi connectivity index (χ3n) is 8.69. The van der Waals surface area contributed by atoms with Crippen LogP contribution >= 0.6 is 11.8 Å². The largest absolute Gasteiger partial charge is 0.497 e. The molecule has 0 aliphatic carbocycles. The van der Waals surface area contributed by atoms with Gasteiger partial charge in [0.25, 0.3) is 5.91 Å². The molecule has 1 spiro atoms. The highest BCUT2D eigenvalue weighted by Gasteiger charge is 2.76. The number of hydrogen-bond donors (Lipinski definition) is 1. The summed E-state index contributed by atoms with van der Waals surface area (Å²) in [5.74, 6) is -0.537. The van der Waals surface area contributed by atoms with Gasteiger partial charge in [-0.2, -0.15) is 0 Å². The number of ether oxygens (including phenoxy) is 1. The highest BCUT2D eigenvalue weighted by Crippen LogP contribution is 2.69. The van der Waals surface area contributed by atoms with Crippen LogP contribution in [0.5, 0.6) is 5.75 Å². The number of aliphatic hydroxyl groups is 1. The van der Waals surface area contributed by atoms with Crippen LogP contribution in [0.25, 0.3) is 0 Å². The predicted molar refractivity (Wildman–Crippen MR) is 159 cm³/mol. The first-order valence-corrected chi connectivity index (χ1v) is 15.2. The summed E-state index contributed by atoms with van der Waals surface area (Å²) in [6.45, 7) is 13.6. The Morgan fingerprint density at radius 1 is 1.18 bits per heavy atom. The number of hydrogen-bond acceptors (Lipinski definition) is 6. The molecule has 0 radical (unpaired) electrons. The number of thioether (sulfide) groups is 1. The SMILES string of the molecule is C=CCN(CCC)C(=O)[C@@H]1[C@H]2C(=O)N(CCCCO)C(C(=O)N(CC=C)c3ccc(OC)cc3)C23S[C@@H]1CC3C. The van der Waals surface area contributed by atoms with Crippen molar-refractivity contribution in [3.05, 3.63) is 49.6 Å². The van der Waals surface area contributed by atoms with E-state index < -0.39 is 22.6 Å². The Balaban J connectivity index is 1.77. The van der Waals surface area contributed by atoms with Gasteiger partial charge in [0.05, 0.1) is 23.7 Å². The molecule has 6 atom stereocenters. The van der Waals surface area contributed by atoms with E-state index in [1.807, 2.05) is 36.1 Å². The zero-order valence-electron chi connectivity index (χ0n) is 24.0. The minimum absolute atomic E-state index is 0.00659. The number of nitrogens with zero attached hydrogens (tertiary/aromatic N) is 3. The molecule has 3 saturated heterocycles. The summed E-state index contributed by atoms with van der Waals surface area (Å²) in [4.78, 5) is 48.2. The summed E-state index contributed by atoms with van der Waals surface area (Å²) in [6, 6.07) is 6.60. The number of fused-ring (bicyclic) bond motifs is 1. The topological polar surface area (TPSA) is 90.4 Å². The fourth-order valence-corrected chi connectivity index (χ4v) is 9.41. The molecule has 3 heterocycles. The second-order valence-electron chi connectivity index (χ2n) is 11.0. The molecule has 0 saturated carbocycles. The lowest BCUT2D eigenvalue weighted by molar-refractivity contribution is -0.144. The first kappa shape index (κ1) is 30.2. The summed E-state index contributed by atoms with van der Waals surface area (Å²) >= 11 is 1.69. The number of rotatable bonds is 14. The van der Waals surface area contributed by atoms with Crippen LogP contribution in [0.3, 0.4) is 0 Å². The third-order valence-corrected chi connectivity index (χ3v) is 10.8. The van der Waals surface area contributed by atoms with Crippen molar-refractivity contribution in [2.24, 2.45) is 17.8 Å². The van der Waals surface area contributed by atoms with Gasteiger partial charge in [-0.05, 0) is 55.9 Å². The number of likely N-dealkylation sites (tertiary alicyclic amines) is 1. The van der Waals surface area contributed by atoms with Gasteiger partial charge < -0.3 is 24.5 Å². The van der Waals surface area contributed by atoms with Crippen molar-refractivity contribution in [2.75, 3.05) is 44.8 Å². The number of amides is 3. The van der Waals surface area contributed by atoms with E-state index in [4.69, 9.17) is 4.74 Å². The van der Waals surface area contributed by atoms with Crippen LogP contribution in [0.15, 0.2) is 49.6 Å². The van der Waals surface area contributed by atoms with E-state index in [1.165, 1.54) is 0 Å². The number of methoxy groups -OCH3 is 1. The van der Waals surface area contributed by atoms with Gasteiger partial charge in [0.2, 0.25) is 11.8 Å². The van der Waals surface area contributed by atoms with Crippen molar-refractivity contribution < 1.29 is 24.2 Å². The van der Waals surface area contributed by atoms with Crippen molar-refractivity contribution in [3.63, 3.8) is 0 Å². The molecule has 40 heavy (non-hydrogen) atoms. The predicted octanol–water partition coefficient (Wildman–Crippen LogP) is 3.75. The lowest BCUT2D eigenvalue weighted by Gasteiger charge is -2.41. The summed E-state index contributed by atoms with van der Waals surface area (Å²) in [7, 11) is 1.60. The van der Waals surface area contributed by atoms with Gasteiger partial charge in [-0.1, -0.05) is 26.0 Å². The quantitative estimate of drug-likeness (QED) is 0.271. The molecule has 1 aromatic rings. The Morgan fingerprint density at radius 2 is 1.88 bits per heavy atom. The van der Waals surface area contributed by atoms with Crippen molar-refractivity contribution in [1.82, 2.24) is 9.80 Å². The van der Waals surface area contributed by atoms with Gasteiger partial charge in [0.15, 0.2) is 0 Å². The standard InChI is InChI=1S/C31H43N3O5S/c1-6-15-32(16-7-2)28(36)25-24-20-21(4)31(40-24)26(25)29(37)34(18-9-10-19-35)27(31)30(38)33(17-8-3)22-11-13-23(39-5)14-12-22/h6,8,11-14,21,24-27,35H,1,3,7,9-10,15-20H2,2,4-5H3/t21?,24-,25+,26+,27?,31?/m1/s1. The average Bonchev–Trinajstić information content (AvgIpc) is 3.55. The van der Waals surface area contributed by atoms with Gasteiger partial charge in [-0.15, -0.1) is 24.9 Å². The molecule has 4 rings (SSSR count). The van der Waals surface area contributed by atoms with Gasteiger partial charge in [-0.25, -0.2) is 0 Å². The lowest BCUT2D eigenvalue weighted by atomic mass is 9.65. The van der Waals surface area contributed by atoms with Crippen LogP contribution < -0.4 is 9.64 Å². The normalized spacial score (nSPS) is 28.4. The van der Waals surface area contributed by atoms with Crippen LogP contribution in [0.1, 0.15) is 39.5 Å². The zero-order chi connectivity index (χ0) is 29.0. The molecule has 2 bridgehead atoms. The molecule has 0 aromatic heterocycles. The summed E-state index contributed by atoms with van der Waals surface area (Å²) in [5, 5.41) is 9.44. The lowest BCUT2D eigenvalue weighted by Crippen LogP contribution is -2.57. The molecule has 1 aromatic carbocycles. The molecule has 3 fully saturated rings. The van der Waals surface area contributed by atoms with Crippen LogP contribution in [0.2, 0.25) is 0 Å². The zero-order valence-corrected chi connectivity index (χ0v) is 24.8. The number of aliphatic hydroxyl groups excluding tert-OH is 1. The highest BCUT2D eigenvalue weighted by molar-refractivity contribution is 8.02. The van der Waals surface area contributed by atoms with Crippen molar-refractivity contribution in [2.45, 2.75) is 55.6 Å². The minimum atomic E-state index is -0.715. The van der Waals surface area contributed by atoms with Crippen LogP contribution in [-0.4, -0.2) is 88.6 Å². The Bertz CT molecular complexity index is 1110. The van der Waals surface area contributed by atoms with Crippen LogP contribution in [0.4, 0.5) is 5.69 Å². The maximum absolute atomic E-state index is 14.6. The molecule has 3 amide bonds. The Kier molecular flexibility index (Phi) is 9.67. The molecule has 3 unspecified atom stereocenters. The van der Waals surface area contributed by atoms with Gasteiger partial charge in [0.1, 0.15) is 11.8 Å². The van der Waals surface area contributed by atoms with E-state index in [0.717, 1.165) is 12.8 Å². The fourth-order valence-electron chi connectivity index (χ4n) is 7.00. The molecular weight excluding hydrogens is 526 g/mol. The van der Waals surface area contributed by atoms with E-state index in [-0.39, 0.29) is 42.0 Å². The third kappa shape index (κ3) is 5.07. The molecule has 8 nitrogen and oxygen atoms in total.